The van der Waals surface area contributed by atoms with Crippen molar-refractivity contribution < 1.29 is 18.0 Å². The molecule has 0 saturated heterocycles. The van der Waals surface area contributed by atoms with Crippen molar-refractivity contribution in [3.8, 4) is 11.1 Å². The Morgan fingerprint density at radius 1 is 1.04 bits per heavy atom. The highest BCUT2D eigenvalue weighted by Crippen LogP contribution is 2.34. The van der Waals surface area contributed by atoms with Gasteiger partial charge in [-0.15, -0.1) is 11.8 Å². The van der Waals surface area contributed by atoms with Gasteiger partial charge < -0.3 is 0 Å². The molecule has 0 fully saturated rings. The summed E-state index contributed by atoms with van der Waals surface area (Å²) in [4.78, 5) is 12.8. The van der Waals surface area contributed by atoms with Crippen molar-refractivity contribution in [2.45, 2.75) is 49.8 Å². The van der Waals surface area contributed by atoms with Gasteiger partial charge in [-0.1, -0.05) is 49.7 Å². The van der Waals surface area contributed by atoms with Gasteiger partial charge in [-0.3, -0.25) is 10.1 Å². The number of rotatable bonds is 8. The molecule has 146 valence electrons. The Bertz CT molecular complexity index is 742. The van der Waals surface area contributed by atoms with Crippen LogP contribution >= 0.6 is 11.8 Å². The summed E-state index contributed by atoms with van der Waals surface area (Å²) >= 11 is 1.63. The SMILES string of the molecule is CCCC(N[C@@H](c1ccc(-c2ccc(SC)cc2)cc1)C(F)(F)F)C(C)=O. The van der Waals surface area contributed by atoms with Gasteiger partial charge in [-0.05, 0) is 48.4 Å². The predicted octanol–water partition coefficient (Wildman–Crippen LogP) is 6.03. The van der Waals surface area contributed by atoms with Gasteiger partial charge in [0.1, 0.15) is 11.8 Å². The number of ketones is 1. The maximum Gasteiger partial charge on any atom is 0.407 e. The first kappa shape index (κ1) is 21.5. The average Bonchev–Trinajstić information content (AvgIpc) is 2.64. The molecule has 1 N–H and O–H groups in total. The number of halogens is 3. The van der Waals surface area contributed by atoms with Gasteiger partial charge in [-0.25, -0.2) is 0 Å². The number of Topliss-reactive ketones (excluding diaryl/α,β-unsaturated/α-hetero) is 1. The number of carbonyl (C=O) groups is 1. The van der Waals surface area contributed by atoms with E-state index in [0.717, 1.165) is 16.0 Å². The van der Waals surface area contributed by atoms with Crippen LogP contribution in [0.4, 0.5) is 13.2 Å². The highest BCUT2D eigenvalue weighted by atomic mass is 32.2. The first-order valence-corrected chi connectivity index (χ1v) is 10.1. The zero-order chi connectivity index (χ0) is 20.0. The van der Waals surface area contributed by atoms with Crippen molar-refractivity contribution in [3.63, 3.8) is 0 Å². The van der Waals surface area contributed by atoms with E-state index in [0.29, 0.717) is 12.8 Å². The average molecular weight is 395 g/mol. The van der Waals surface area contributed by atoms with E-state index in [2.05, 4.69) is 5.32 Å². The Morgan fingerprint density at radius 2 is 1.56 bits per heavy atom. The molecule has 0 aliphatic carbocycles. The third-order valence-corrected chi connectivity index (χ3v) is 5.17. The van der Waals surface area contributed by atoms with Gasteiger partial charge in [-0.2, -0.15) is 13.2 Å². The van der Waals surface area contributed by atoms with E-state index in [9.17, 15) is 18.0 Å². The van der Waals surface area contributed by atoms with Crippen LogP contribution in [0.15, 0.2) is 53.4 Å². The normalized spacial score (nSPS) is 14.0. The molecule has 1 unspecified atom stereocenters. The molecule has 0 bridgehead atoms. The van der Waals surface area contributed by atoms with Gasteiger partial charge in [0, 0.05) is 4.90 Å². The Hall–Kier alpha value is -1.79. The molecule has 0 aliphatic rings. The second-order valence-corrected chi connectivity index (χ2v) is 7.32. The molecule has 2 rings (SSSR count). The molecule has 0 radical (unpaired) electrons. The molecule has 0 aromatic heterocycles. The Labute approximate surface area is 162 Å². The summed E-state index contributed by atoms with van der Waals surface area (Å²) in [6, 6.07) is 11.5. The van der Waals surface area contributed by atoms with Gasteiger partial charge >= 0.3 is 6.18 Å². The first-order valence-electron chi connectivity index (χ1n) is 8.83. The van der Waals surface area contributed by atoms with E-state index in [1.807, 2.05) is 37.4 Å². The lowest BCUT2D eigenvalue weighted by Crippen LogP contribution is -2.43. The highest BCUT2D eigenvalue weighted by Gasteiger charge is 2.42. The van der Waals surface area contributed by atoms with Crippen molar-refractivity contribution in [3.05, 3.63) is 54.1 Å². The van der Waals surface area contributed by atoms with Crippen molar-refractivity contribution in [1.82, 2.24) is 5.32 Å². The lowest BCUT2D eigenvalue weighted by atomic mass is 9.98. The smallest absolute Gasteiger partial charge is 0.298 e. The zero-order valence-electron chi connectivity index (χ0n) is 15.6. The summed E-state index contributed by atoms with van der Waals surface area (Å²) in [5.41, 5.74) is 1.90. The molecule has 0 spiro atoms. The van der Waals surface area contributed by atoms with Gasteiger partial charge in [0.15, 0.2) is 0 Å². The van der Waals surface area contributed by atoms with Crippen LogP contribution in [-0.2, 0) is 4.79 Å². The number of carbonyl (C=O) groups excluding carboxylic acids is 1. The maximum absolute atomic E-state index is 13.6. The molecule has 2 aromatic carbocycles. The van der Waals surface area contributed by atoms with Crippen LogP contribution in [0, 0.1) is 0 Å². The summed E-state index contributed by atoms with van der Waals surface area (Å²) in [7, 11) is 0. The molecule has 27 heavy (non-hydrogen) atoms. The van der Waals surface area contributed by atoms with Crippen molar-refractivity contribution in [1.29, 1.82) is 0 Å². The lowest BCUT2D eigenvalue weighted by Gasteiger charge is -2.26. The summed E-state index contributed by atoms with van der Waals surface area (Å²) in [6.45, 7) is 3.17. The first-order chi connectivity index (χ1) is 12.8. The maximum atomic E-state index is 13.6. The molecule has 2 aromatic rings. The van der Waals surface area contributed by atoms with Gasteiger partial charge in [0.2, 0.25) is 0 Å². The van der Waals surface area contributed by atoms with Crippen LogP contribution in [0.5, 0.6) is 0 Å². The summed E-state index contributed by atoms with van der Waals surface area (Å²) in [5, 5.41) is 2.51. The fourth-order valence-electron chi connectivity index (χ4n) is 2.92. The molecular formula is C21H24F3NOS. The monoisotopic (exact) mass is 395 g/mol. The quantitative estimate of drug-likeness (QED) is 0.554. The third-order valence-electron chi connectivity index (χ3n) is 4.43. The molecule has 0 saturated carbocycles. The van der Waals surface area contributed by atoms with E-state index >= 15 is 0 Å². The fourth-order valence-corrected chi connectivity index (χ4v) is 3.33. The molecule has 0 aliphatic heterocycles. The minimum atomic E-state index is -4.48. The third kappa shape index (κ3) is 5.84. The number of hydrogen-bond donors (Lipinski definition) is 1. The van der Waals surface area contributed by atoms with Crippen LogP contribution in [-0.4, -0.2) is 24.3 Å². The van der Waals surface area contributed by atoms with Crippen LogP contribution in [0.25, 0.3) is 11.1 Å². The van der Waals surface area contributed by atoms with Gasteiger partial charge in [0.05, 0.1) is 6.04 Å². The van der Waals surface area contributed by atoms with Crippen LogP contribution in [0.1, 0.15) is 38.3 Å². The Balaban J connectivity index is 2.27. The molecule has 2 atom stereocenters. The molecule has 0 heterocycles. The minimum Gasteiger partial charge on any atom is -0.298 e. The van der Waals surface area contributed by atoms with Crippen molar-refractivity contribution in [2.75, 3.05) is 6.26 Å². The standard InChI is InChI=1S/C21H24F3NOS/c1-4-5-19(14(2)26)25-20(21(22,23)24)17-8-6-15(7-9-17)16-10-12-18(27-3)13-11-16/h6-13,19-20,25H,4-5H2,1-3H3/t19?,20-/m0/s1. The van der Waals surface area contributed by atoms with E-state index in [1.54, 1.807) is 23.9 Å². The van der Waals surface area contributed by atoms with Crippen LogP contribution in [0.2, 0.25) is 0 Å². The van der Waals surface area contributed by atoms with Crippen molar-refractivity contribution in [2.24, 2.45) is 0 Å². The molecule has 6 heteroatoms. The lowest BCUT2D eigenvalue weighted by molar-refractivity contribution is -0.160. The molecule has 2 nitrogen and oxygen atoms in total. The number of benzene rings is 2. The van der Waals surface area contributed by atoms with Crippen molar-refractivity contribution >= 4 is 17.5 Å². The largest absolute Gasteiger partial charge is 0.407 e. The van der Waals surface area contributed by atoms with E-state index in [-0.39, 0.29) is 11.3 Å². The van der Waals surface area contributed by atoms with Crippen LogP contribution in [0.3, 0.4) is 0 Å². The summed E-state index contributed by atoms with van der Waals surface area (Å²) < 4.78 is 40.8. The highest BCUT2D eigenvalue weighted by molar-refractivity contribution is 7.98. The second-order valence-electron chi connectivity index (χ2n) is 6.44. The molecule has 0 amide bonds. The van der Waals surface area contributed by atoms with E-state index < -0.39 is 18.3 Å². The number of hydrogen-bond acceptors (Lipinski definition) is 3. The van der Waals surface area contributed by atoms with Crippen LogP contribution < -0.4 is 5.32 Å². The number of thioether (sulfide) groups is 1. The van der Waals surface area contributed by atoms with E-state index in [4.69, 9.17) is 0 Å². The Kier molecular flexibility index (Phi) is 7.50. The Morgan fingerprint density at radius 3 is 1.96 bits per heavy atom. The molecular weight excluding hydrogens is 371 g/mol. The minimum absolute atomic E-state index is 0.106. The number of alkyl halides is 3. The number of nitrogens with one attached hydrogen (secondary N) is 1. The summed E-state index contributed by atoms with van der Waals surface area (Å²) in [6.07, 6.45) is -1.49. The van der Waals surface area contributed by atoms with E-state index in [1.165, 1.54) is 19.1 Å². The predicted molar refractivity (Wildman–Crippen MR) is 105 cm³/mol. The van der Waals surface area contributed by atoms with Gasteiger partial charge in [0.25, 0.3) is 0 Å². The topological polar surface area (TPSA) is 29.1 Å². The zero-order valence-corrected chi connectivity index (χ0v) is 16.5. The summed E-state index contributed by atoms with van der Waals surface area (Å²) in [5.74, 6) is -0.281. The fraction of sp³-hybridized carbons (Fsp3) is 0.381. The second kappa shape index (κ2) is 9.42.